The molecule has 2 saturated carbocycles. The van der Waals surface area contributed by atoms with Crippen molar-refractivity contribution in [3.8, 4) is 11.1 Å². The second-order valence-electron chi connectivity index (χ2n) is 12.9. The largest absolute Gasteiger partial charge is 0.458 e. The lowest BCUT2D eigenvalue weighted by molar-refractivity contribution is -0.138. The summed E-state index contributed by atoms with van der Waals surface area (Å²) in [6, 6.07) is 15.2. The van der Waals surface area contributed by atoms with E-state index in [1.54, 1.807) is 0 Å². The molecule has 2 fully saturated rings. The summed E-state index contributed by atoms with van der Waals surface area (Å²) in [4.78, 5) is 11.8. The van der Waals surface area contributed by atoms with Gasteiger partial charge in [-0.1, -0.05) is 107 Å². The second-order valence-corrected chi connectivity index (χ2v) is 12.9. The average molecular weight is 559 g/mol. The van der Waals surface area contributed by atoms with Gasteiger partial charge in [0.1, 0.15) is 6.61 Å². The second kappa shape index (κ2) is 16.9. The lowest BCUT2D eigenvalue weighted by Crippen LogP contribution is -2.26. The maximum absolute atomic E-state index is 11.8. The van der Waals surface area contributed by atoms with Crippen LogP contribution in [0.3, 0.4) is 0 Å². The van der Waals surface area contributed by atoms with E-state index in [9.17, 15) is 4.79 Å². The topological polar surface area (TPSA) is 46.5 Å². The predicted molar refractivity (Wildman–Crippen MR) is 171 cm³/mol. The molecule has 0 heterocycles. The van der Waals surface area contributed by atoms with Crippen molar-refractivity contribution in [3.05, 3.63) is 71.8 Å². The van der Waals surface area contributed by atoms with Crippen molar-refractivity contribution in [1.29, 1.82) is 0 Å². The smallest absolute Gasteiger partial charge is 0.330 e. The summed E-state index contributed by atoms with van der Waals surface area (Å²) in [5.41, 5.74) is 5.85. The van der Waals surface area contributed by atoms with E-state index in [-0.39, 0.29) is 19.2 Å². The van der Waals surface area contributed by atoms with E-state index in [4.69, 9.17) is 9.84 Å². The lowest BCUT2D eigenvalue weighted by atomic mass is 9.68. The number of ether oxygens (including phenoxy) is 1. The summed E-state index contributed by atoms with van der Waals surface area (Å²) in [7, 11) is 0. The highest BCUT2D eigenvalue weighted by molar-refractivity contribution is 5.81. The number of aliphatic hydroxyl groups excluding tert-OH is 1. The molecule has 2 aliphatic carbocycles. The fraction of sp³-hybridized carbons (Fsp3) is 0.605. The van der Waals surface area contributed by atoms with Crippen LogP contribution in [0.5, 0.6) is 0 Å². The molecular formula is C38H54O3. The summed E-state index contributed by atoms with van der Waals surface area (Å²) in [5, 5.41) is 9.13. The monoisotopic (exact) mass is 558 g/mol. The molecule has 4 rings (SSSR count). The van der Waals surface area contributed by atoms with Crippen molar-refractivity contribution in [2.45, 2.75) is 116 Å². The molecule has 0 spiro atoms. The van der Waals surface area contributed by atoms with Gasteiger partial charge in [0.15, 0.2) is 0 Å². The van der Waals surface area contributed by atoms with Crippen molar-refractivity contribution in [3.63, 3.8) is 0 Å². The van der Waals surface area contributed by atoms with E-state index >= 15 is 0 Å². The molecule has 3 nitrogen and oxygen atoms in total. The number of aryl methyl sites for hydroxylation is 2. The standard InChI is InChI=1S/C38H54O3/c1-3-5-6-8-29-12-19-33(20-13-29)34-21-14-31(15-22-34)10-11-32-18-25-37(36(27-32)28-41-38(40)4-2)35-23-16-30(17-24-35)9-7-26-39/h4,16-18,23-25,27,29,31,33-34,39H,2-3,5-15,19-22,26,28H2,1H3. The Morgan fingerprint density at radius 3 is 2.07 bits per heavy atom. The summed E-state index contributed by atoms with van der Waals surface area (Å²) < 4.78 is 5.48. The molecule has 1 N–H and O–H groups in total. The summed E-state index contributed by atoms with van der Waals surface area (Å²) in [5.74, 6) is 3.44. The molecule has 3 heteroatoms. The van der Waals surface area contributed by atoms with E-state index in [1.165, 1.54) is 101 Å². The number of hydrogen-bond donors (Lipinski definition) is 1. The van der Waals surface area contributed by atoms with Gasteiger partial charge in [0.2, 0.25) is 0 Å². The van der Waals surface area contributed by atoms with Crippen LogP contribution in [0.15, 0.2) is 55.1 Å². The van der Waals surface area contributed by atoms with Gasteiger partial charge in [0.05, 0.1) is 0 Å². The average Bonchev–Trinajstić information content (AvgIpc) is 3.02. The molecule has 2 aliphatic rings. The molecule has 0 unspecified atom stereocenters. The zero-order valence-electron chi connectivity index (χ0n) is 25.6. The van der Waals surface area contributed by atoms with E-state index in [0.29, 0.717) is 0 Å². The number of unbranched alkanes of at least 4 members (excludes halogenated alkanes) is 2. The number of aliphatic hydroxyl groups is 1. The molecule has 0 bridgehead atoms. The van der Waals surface area contributed by atoms with Crippen LogP contribution in [0, 0.1) is 23.7 Å². The van der Waals surface area contributed by atoms with Gasteiger partial charge in [-0.25, -0.2) is 4.79 Å². The molecule has 0 aromatic heterocycles. The predicted octanol–water partition coefficient (Wildman–Crippen LogP) is 9.63. The molecular weight excluding hydrogens is 504 g/mol. The molecule has 0 atom stereocenters. The van der Waals surface area contributed by atoms with Gasteiger partial charge >= 0.3 is 5.97 Å². The third-order valence-electron chi connectivity index (χ3n) is 10.1. The highest BCUT2D eigenvalue weighted by Gasteiger charge is 2.30. The Morgan fingerprint density at radius 2 is 1.46 bits per heavy atom. The summed E-state index contributed by atoms with van der Waals surface area (Å²) in [6.07, 6.45) is 22.5. The maximum Gasteiger partial charge on any atom is 0.330 e. The Morgan fingerprint density at radius 1 is 0.829 bits per heavy atom. The summed E-state index contributed by atoms with van der Waals surface area (Å²) >= 11 is 0. The Labute approximate surface area is 249 Å². The molecule has 2 aromatic rings. The first-order chi connectivity index (χ1) is 20.1. The SMILES string of the molecule is C=CC(=O)OCc1cc(CCC2CCC(C3CCC(CCCCC)CC3)CC2)ccc1-c1ccc(CCCO)cc1. The first-order valence-corrected chi connectivity index (χ1v) is 16.7. The van der Waals surface area contributed by atoms with Crippen molar-refractivity contribution < 1.29 is 14.6 Å². The number of benzene rings is 2. The van der Waals surface area contributed by atoms with Crippen LogP contribution in [0.4, 0.5) is 0 Å². The first kappa shape index (κ1) is 31.5. The maximum atomic E-state index is 11.8. The van der Waals surface area contributed by atoms with E-state index in [2.05, 4.69) is 56.0 Å². The minimum atomic E-state index is -0.387. The molecule has 41 heavy (non-hydrogen) atoms. The van der Waals surface area contributed by atoms with Crippen LogP contribution in [-0.2, 0) is 29.0 Å². The molecule has 0 amide bonds. The first-order valence-electron chi connectivity index (χ1n) is 16.7. The van der Waals surface area contributed by atoms with Gasteiger partial charge in [-0.2, -0.15) is 0 Å². The van der Waals surface area contributed by atoms with Gasteiger partial charge in [-0.05, 0) is 103 Å². The molecule has 224 valence electrons. The van der Waals surface area contributed by atoms with Crippen molar-refractivity contribution in [2.75, 3.05) is 6.61 Å². The van der Waals surface area contributed by atoms with Crippen LogP contribution in [-0.4, -0.2) is 17.7 Å². The van der Waals surface area contributed by atoms with Gasteiger partial charge in [0.25, 0.3) is 0 Å². The Bertz CT molecular complexity index is 1060. The quantitative estimate of drug-likeness (QED) is 0.134. The zero-order chi connectivity index (χ0) is 28.9. The van der Waals surface area contributed by atoms with Crippen LogP contribution in [0.2, 0.25) is 0 Å². The number of carbonyl (C=O) groups excluding carboxylic acids is 1. The lowest BCUT2D eigenvalue weighted by Gasteiger charge is -2.38. The molecule has 0 saturated heterocycles. The van der Waals surface area contributed by atoms with E-state index < -0.39 is 0 Å². The minimum absolute atomic E-state index is 0.212. The number of rotatable bonds is 15. The van der Waals surface area contributed by atoms with Gasteiger partial charge in [-0.15, -0.1) is 0 Å². The van der Waals surface area contributed by atoms with Gasteiger partial charge in [-0.3, -0.25) is 0 Å². The van der Waals surface area contributed by atoms with Crippen LogP contribution >= 0.6 is 0 Å². The fourth-order valence-electron chi connectivity index (χ4n) is 7.50. The molecule has 0 radical (unpaired) electrons. The summed E-state index contributed by atoms with van der Waals surface area (Å²) in [6.45, 7) is 6.33. The zero-order valence-corrected chi connectivity index (χ0v) is 25.6. The fourth-order valence-corrected chi connectivity index (χ4v) is 7.50. The van der Waals surface area contributed by atoms with Crippen LogP contribution < -0.4 is 0 Å². The number of esters is 1. The third kappa shape index (κ3) is 9.84. The van der Waals surface area contributed by atoms with Crippen molar-refractivity contribution >= 4 is 5.97 Å². The normalized spacial score (nSPS) is 22.8. The number of hydrogen-bond acceptors (Lipinski definition) is 3. The minimum Gasteiger partial charge on any atom is -0.458 e. The van der Waals surface area contributed by atoms with Gasteiger partial charge in [0, 0.05) is 12.7 Å². The Hall–Kier alpha value is -2.39. The van der Waals surface area contributed by atoms with Crippen LogP contribution in [0.25, 0.3) is 11.1 Å². The Kier molecular flexibility index (Phi) is 13.0. The Balaban J connectivity index is 1.29. The van der Waals surface area contributed by atoms with E-state index in [1.807, 2.05) is 0 Å². The number of carbonyl (C=O) groups is 1. The van der Waals surface area contributed by atoms with E-state index in [0.717, 1.165) is 59.6 Å². The molecule has 2 aromatic carbocycles. The van der Waals surface area contributed by atoms with Gasteiger partial charge < -0.3 is 9.84 Å². The highest BCUT2D eigenvalue weighted by Crippen LogP contribution is 2.43. The highest BCUT2D eigenvalue weighted by atomic mass is 16.5. The van der Waals surface area contributed by atoms with Crippen LogP contribution in [0.1, 0.15) is 114 Å². The van der Waals surface area contributed by atoms with Crippen molar-refractivity contribution in [1.82, 2.24) is 0 Å². The third-order valence-corrected chi connectivity index (χ3v) is 10.1. The molecule has 0 aliphatic heterocycles. The van der Waals surface area contributed by atoms with Crippen molar-refractivity contribution in [2.24, 2.45) is 23.7 Å².